The van der Waals surface area contributed by atoms with E-state index in [1.807, 2.05) is 31.2 Å². The summed E-state index contributed by atoms with van der Waals surface area (Å²) in [6.45, 7) is 2.39. The highest BCUT2D eigenvalue weighted by Gasteiger charge is 2.10. The first kappa shape index (κ1) is 14.5. The molecule has 0 amide bonds. The number of nitrogens with one attached hydrogen (secondary N) is 1. The highest BCUT2D eigenvalue weighted by Crippen LogP contribution is 2.22. The average molecular weight is 289 g/mol. The third-order valence-electron chi connectivity index (χ3n) is 3.16. The molecule has 1 atom stereocenters. The molecular formula is C16H14ClFN2. The summed E-state index contributed by atoms with van der Waals surface area (Å²) in [5.74, 6) is -0.341. The van der Waals surface area contributed by atoms with E-state index in [1.165, 1.54) is 18.2 Å². The Kier molecular flexibility index (Phi) is 4.73. The first-order valence-electron chi connectivity index (χ1n) is 6.28. The summed E-state index contributed by atoms with van der Waals surface area (Å²) in [4.78, 5) is 0. The van der Waals surface area contributed by atoms with Gasteiger partial charge in [-0.2, -0.15) is 5.26 Å². The molecule has 0 fully saturated rings. The van der Waals surface area contributed by atoms with E-state index in [4.69, 9.17) is 16.9 Å². The van der Waals surface area contributed by atoms with Gasteiger partial charge in [0.25, 0.3) is 0 Å². The number of halogens is 2. The quantitative estimate of drug-likeness (QED) is 0.915. The molecule has 0 aliphatic carbocycles. The van der Waals surface area contributed by atoms with E-state index >= 15 is 0 Å². The number of rotatable bonds is 4. The minimum Gasteiger partial charge on any atom is -0.306 e. The molecule has 0 aromatic heterocycles. The number of nitrogens with zero attached hydrogens (tertiary/aromatic N) is 1. The number of hydrogen-bond acceptors (Lipinski definition) is 2. The standard InChI is InChI=1S/C16H14ClFN2/c1-11(15-4-2-3-5-16(15)17)20-10-13-8-14(18)7-6-12(13)9-19/h2-8,11,20H,10H2,1H3/t11-/m0/s1. The Hall–Kier alpha value is -1.89. The maximum absolute atomic E-state index is 13.2. The molecule has 2 aromatic rings. The lowest BCUT2D eigenvalue weighted by molar-refractivity contribution is 0.569. The summed E-state index contributed by atoms with van der Waals surface area (Å²) < 4.78 is 13.2. The first-order chi connectivity index (χ1) is 9.61. The maximum Gasteiger partial charge on any atom is 0.123 e. The van der Waals surface area contributed by atoms with Gasteiger partial charge in [-0.3, -0.25) is 0 Å². The van der Waals surface area contributed by atoms with Crippen molar-refractivity contribution in [3.8, 4) is 6.07 Å². The van der Waals surface area contributed by atoms with Gasteiger partial charge in [0.1, 0.15) is 5.82 Å². The first-order valence-corrected chi connectivity index (χ1v) is 6.66. The van der Waals surface area contributed by atoms with Crippen LogP contribution < -0.4 is 5.32 Å². The van der Waals surface area contributed by atoms with Crippen LogP contribution in [0.1, 0.15) is 29.7 Å². The Morgan fingerprint density at radius 3 is 2.75 bits per heavy atom. The summed E-state index contributed by atoms with van der Waals surface area (Å²) in [5.41, 5.74) is 2.10. The van der Waals surface area contributed by atoms with E-state index in [2.05, 4.69) is 11.4 Å². The SMILES string of the molecule is C[C@H](NCc1cc(F)ccc1C#N)c1ccccc1Cl. The second kappa shape index (κ2) is 6.51. The van der Waals surface area contributed by atoms with Gasteiger partial charge in [-0.15, -0.1) is 0 Å². The van der Waals surface area contributed by atoms with Crippen molar-refractivity contribution in [2.45, 2.75) is 19.5 Å². The van der Waals surface area contributed by atoms with Crippen LogP contribution in [0.25, 0.3) is 0 Å². The minimum atomic E-state index is -0.341. The second-order valence-electron chi connectivity index (χ2n) is 4.54. The molecule has 0 radical (unpaired) electrons. The lowest BCUT2D eigenvalue weighted by atomic mass is 10.1. The minimum absolute atomic E-state index is 0.0125. The fourth-order valence-electron chi connectivity index (χ4n) is 2.02. The molecule has 1 N–H and O–H groups in total. The Morgan fingerprint density at radius 2 is 2.05 bits per heavy atom. The topological polar surface area (TPSA) is 35.8 Å². The zero-order chi connectivity index (χ0) is 14.5. The number of hydrogen-bond donors (Lipinski definition) is 1. The molecule has 102 valence electrons. The molecule has 0 saturated heterocycles. The van der Waals surface area contributed by atoms with Crippen LogP contribution in [0.3, 0.4) is 0 Å². The van der Waals surface area contributed by atoms with Gasteiger partial charge in [0.15, 0.2) is 0 Å². The van der Waals surface area contributed by atoms with E-state index in [0.717, 1.165) is 5.56 Å². The van der Waals surface area contributed by atoms with Gasteiger partial charge in [-0.1, -0.05) is 29.8 Å². The Morgan fingerprint density at radius 1 is 1.30 bits per heavy atom. The van der Waals surface area contributed by atoms with Gasteiger partial charge in [0.2, 0.25) is 0 Å². The lowest BCUT2D eigenvalue weighted by Gasteiger charge is -2.16. The lowest BCUT2D eigenvalue weighted by Crippen LogP contribution is -2.19. The fraction of sp³-hybridized carbons (Fsp3) is 0.188. The smallest absolute Gasteiger partial charge is 0.123 e. The van der Waals surface area contributed by atoms with E-state index < -0.39 is 0 Å². The van der Waals surface area contributed by atoms with Crippen molar-refractivity contribution >= 4 is 11.6 Å². The van der Waals surface area contributed by atoms with Gasteiger partial charge in [-0.25, -0.2) is 4.39 Å². The summed E-state index contributed by atoms with van der Waals surface area (Å²) >= 11 is 6.13. The normalized spacial score (nSPS) is 11.9. The highest BCUT2D eigenvalue weighted by molar-refractivity contribution is 6.31. The molecule has 2 aromatic carbocycles. The summed E-state index contributed by atoms with van der Waals surface area (Å²) in [7, 11) is 0. The van der Waals surface area contributed by atoms with Gasteiger partial charge in [0, 0.05) is 17.6 Å². The average Bonchev–Trinajstić information content (AvgIpc) is 2.45. The molecule has 2 rings (SSSR count). The van der Waals surface area contributed by atoms with Crippen LogP contribution in [0, 0.1) is 17.1 Å². The molecule has 4 heteroatoms. The zero-order valence-electron chi connectivity index (χ0n) is 11.0. The third kappa shape index (κ3) is 3.36. The Balaban J connectivity index is 2.11. The molecule has 0 saturated carbocycles. The fourth-order valence-corrected chi connectivity index (χ4v) is 2.32. The van der Waals surface area contributed by atoms with Crippen molar-refractivity contribution in [1.29, 1.82) is 5.26 Å². The van der Waals surface area contributed by atoms with Crippen LogP contribution in [-0.4, -0.2) is 0 Å². The summed E-state index contributed by atoms with van der Waals surface area (Å²) in [5, 5.41) is 13.0. The van der Waals surface area contributed by atoms with Gasteiger partial charge in [-0.05, 0) is 42.3 Å². The molecule has 0 aliphatic heterocycles. The zero-order valence-corrected chi connectivity index (χ0v) is 11.8. The molecule has 0 aliphatic rings. The monoisotopic (exact) mass is 288 g/mol. The van der Waals surface area contributed by atoms with Crippen LogP contribution in [0.5, 0.6) is 0 Å². The largest absolute Gasteiger partial charge is 0.306 e. The molecule has 0 heterocycles. The van der Waals surface area contributed by atoms with Crippen molar-refractivity contribution in [1.82, 2.24) is 5.32 Å². The maximum atomic E-state index is 13.2. The van der Waals surface area contributed by atoms with Crippen LogP contribution in [0.15, 0.2) is 42.5 Å². The van der Waals surface area contributed by atoms with Gasteiger partial charge < -0.3 is 5.32 Å². The van der Waals surface area contributed by atoms with Crippen LogP contribution in [0.4, 0.5) is 4.39 Å². The number of nitriles is 1. The van der Waals surface area contributed by atoms with Crippen molar-refractivity contribution in [2.75, 3.05) is 0 Å². The van der Waals surface area contributed by atoms with Crippen LogP contribution in [-0.2, 0) is 6.54 Å². The predicted octanol–water partition coefficient (Wildman–Crippen LogP) is 4.20. The molecular weight excluding hydrogens is 275 g/mol. The van der Waals surface area contributed by atoms with E-state index in [1.54, 1.807) is 0 Å². The van der Waals surface area contributed by atoms with Crippen molar-refractivity contribution in [2.24, 2.45) is 0 Å². The van der Waals surface area contributed by atoms with Crippen molar-refractivity contribution in [3.63, 3.8) is 0 Å². The van der Waals surface area contributed by atoms with Crippen molar-refractivity contribution < 1.29 is 4.39 Å². The summed E-state index contributed by atoms with van der Waals surface area (Å²) in [6, 6.07) is 13.8. The van der Waals surface area contributed by atoms with E-state index in [0.29, 0.717) is 22.7 Å². The predicted molar refractivity (Wildman–Crippen MR) is 77.8 cm³/mol. The molecule has 0 bridgehead atoms. The molecule has 2 nitrogen and oxygen atoms in total. The van der Waals surface area contributed by atoms with Gasteiger partial charge in [0.05, 0.1) is 11.6 Å². The van der Waals surface area contributed by atoms with E-state index in [-0.39, 0.29) is 11.9 Å². The van der Waals surface area contributed by atoms with Crippen LogP contribution in [0.2, 0.25) is 5.02 Å². The molecule has 20 heavy (non-hydrogen) atoms. The molecule has 0 unspecified atom stereocenters. The molecule has 0 spiro atoms. The Bertz CT molecular complexity index is 649. The van der Waals surface area contributed by atoms with Gasteiger partial charge >= 0.3 is 0 Å². The van der Waals surface area contributed by atoms with E-state index in [9.17, 15) is 4.39 Å². The third-order valence-corrected chi connectivity index (χ3v) is 3.50. The second-order valence-corrected chi connectivity index (χ2v) is 4.94. The Labute approximate surface area is 122 Å². The summed E-state index contributed by atoms with van der Waals surface area (Å²) in [6.07, 6.45) is 0. The highest BCUT2D eigenvalue weighted by atomic mass is 35.5. The number of benzene rings is 2. The van der Waals surface area contributed by atoms with Crippen molar-refractivity contribution in [3.05, 3.63) is 70.0 Å². The van der Waals surface area contributed by atoms with Crippen LogP contribution >= 0.6 is 11.6 Å².